The van der Waals surface area contributed by atoms with E-state index < -0.39 is 30.1 Å². The third-order valence-corrected chi connectivity index (χ3v) is 5.06. The summed E-state index contributed by atoms with van der Waals surface area (Å²) in [4.78, 5) is 12.5. The van der Waals surface area contributed by atoms with Gasteiger partial charge < -0.3 is 24.6 Å². The first-order chi connectivity index (χ1) is 14.1. The Morgan fingerprint density at radius 3 is 2.16 bits per heavy atom. The van der Waals surface area contributed by atoms with Gasteiger partial charge in [-0.1, -0.05) is 53.7 Å². The largest absolute Gasteiger partial charge is 0.444 e. The van der Waals surface area contributed by atoms with Crippen molar-refractivity contribution in [3.8, 4) is 0 Å². The summed E-state index contributed by atoms with van der Waals surface area (Å²) in [5.74, 6) is 0. The maximum absolute atomic E-state index is 12.5. The fourth-order valence-corrected chi connectivity index (χ4v) is 3.63. The molecule has 1 heterocycles. The van der Waals surface area contributed by atoms with E-state index in [0.717, 1.165) is 11.1 Å². The molecule has 1 saturated heterocycles. The van der Waals surface area contributed by atoms with Crippen LogP contribution in [0.1, 0.15) is 97.8 Å². The number of hydrogen-bond acceptors (Lipinski definition) is 5. The Hall–Kier alpha value is -1.63. The molecule has 1 aromatic carbocycles. The molecular formula is C25H41NO5. The van der Waals surface area contributed by atoms with Gasteiger partial charge in [-0.25, -0.2) is 4.79 Å². The van der Waals surface area contributed by atoms with Crippen molar-refractivity contribution < 1.29 is 24.1 Å². The molecule has 0 bridgehead atoms. The quantitative estimate of drug-likeness (QED) is 0.648. The number of alkyl carbamates (subject to hydrolysis) is 1. The summed E-state index contributed by atoms with van der Waals surface area (Å²) < 4.78 is 17.0. The van der Waals surface area contributed by atoms with Crippen molar-refractivity contribution in [1.82, 2.24) is 5.32 Å². The topological polar surface area (TPSA) is 77.0 Å². The predicted octanol–water partition coefficient (Wildman–Crippen LogP) is 5.39. The number of amides is 1. The average Bonchev–Trinajstić information content (AvgIpc) is 3.10. The first-order valence-electron chi connectivity index (χ1n) is 11.1. The van der Waals surface area contributed by atoms with E-state index in [1.54, 1.807) is 0 Å². The molecule has 0 aliphatic carbocycles. The Bertz CT molecular complexity index is 749. The van der Waals surface area contributed by atoms with E-state index >= 15 is 0 Å². The average molecular weight is 436 g/mol. The van der Waals surface area contributed by atoms with E-state index in [9.17, 15) is 9.90 Å². The summed E-state index contributed by atoms with van der Waals surface area (Å²) in [6.45, 7) is 19.2. The number of carbonyl (C=O) groups excluding carboxylic acids is 1. The third-order valence-electron chi connectivity index (χ3n) is 5.06. The minimum atomic E-state index is -0.941. The van der Waals surface area contributed by atoms with Crippen LogP contribution in [0.3, 0.4) is 0 Å². The molecule has 2 atom stereocenters. The molecule has 0 spiro atoms. The minimum Gasteiger partial charge on any atom is -0.444 e. The van der Waals surface area contributed by atoms with Gasteiger partial charge in [-0.15, -0.1) is 0 Å². The highest BCUT2D eigenvalue weighted by molar-refractivity contribution is 5.68. The SMILES string of the molecule is CC(C)(C)C[C@@H](NC(=O)OC(C)(C)C)C(O)c1ccc(C(C)(C)C)cc1C1OCCO1. The van der Waals surface area contributed by atoms with Crippen LogP contribution >= 0.6 is 0 Å². The normalized spacial score (nSPS) is 18.0. The van der Waals surface area contributed by atoms with Gasteiger partial charge in [-0.2, -0.15) is 0 Å². The number of nitrogens with one attached hydrogen (secondary N) is 1. The van der Waals surface area contributed by atoms with Gasteiger partial charge in [-0.3, -0.25) is 0 Å². The standard InChI is InChI=1S/C25H41NO5/c1-23(2,3)15-19(26-22(28)31-25(7,8)9)20(27)17-11-10-16(24(4,5)6)14-18(17)21-29-12-13-30-21/h10-11,14,19-21,27H,12-13,15H2,1-9H3,(H,26,28)/t19-,20?/m1/s1. The van der Waals surface area contributed by atoms with Crippen LogP contribution in [0.15, 0.2) is 18.2 Å². The van der Waals surface area contributed by atoms with E-state index in [2.05, 4.69) is 52.9 Å². The van der Waals surface area contributed by atoms with Gasteiger partial charge in [0.05, 0.1) is 25.4 Å². The van der Waals surface area contributed by atoms with Gasteiger partial charge in [0.25, 0.3) is 0 Å². The Kier molecular flexibility index (Phi) is 7.83. The first-order valence-corrected chi connectivity index (χ1v) is 11.1. The molecule has 1 amide bonds. The number of hydrogen-bond donors (Lipinski definition) is 2. The van der Waals surface area contributed by atoms with E-state index in [4.69, 9.17) is 14.2 Å². The van der Waals surface area contributed by atoms with Gasteiger partial charge in [-0.05, 0) is 55.2 Å². The van der Waals surface area contributed by atoms with Crippen LogP contribution < -0.4 is 5.32 Å². The first kappa shape index (κ1) is 25.6. The maximum Gasteiger partial charge on any atom is 0.407 e. The predicted molar refractivity (Wildman–Crippen MR) is 122 cm³/mol. The van der Waals surface area contributed by atoms with Crippen LogP contribution in [0, 0.1) is 5.41 Å². The molecule has 1 aliphatic rings. The molecule has 0 saturated carbocycles. The second kappa shape index (κ2) is 9.47. The number of carbonyl (C=O) groups is 1. The second-order valence-electron chi connectivity index (χ2n) is 11.6. The lowest BCUT2D eigenvalue weighted by molar-refractivity contribution is -0.0466. The van der Waals surface area contributed by atoms with Gasteiger partial charge in [0.15, 0.2) is 6.29 Å². The lowest BCUT2D eigenvalue weighted by Gasteiger charge is -2.33. The van der Waals surface area contributed by atoms with Crippen LogP contribution in [-0.2, 0) is 19.6 Å². The van der Waals surface area contributed by atoms with Crippen LogP contribution in [0.4, 0.5) is 4.79 Å². The summed E-state index contributed by atoms with van der Waals surface area (Å²) in [5.41, 5.74) is 1.84. The summed E-state index contributed by atoms with van der Waals surface area (Å²) in [6.07, 6.45) is -1.44. The zero-order chi connectivity index (χ0) is 23.6. The van der Waals surface area contributed by atoms with Crippen molar-refractivity contribution >= 4 is 6.09 Å². The minimum absolute atomic E-state index is 0.0591. The van der Waals surface area contributed by atoms with Crippen molar-refractivity contribution in [1.29, 1.82) is 0 Å². The number of benzene rings is 1. The Balaban J connectivity index is 2.41. The highest BCUT2D eigenvalue weighted by Gasteiger charge is 2.33. The molecule has 6 heteroatoms. The molecule has 1 aliphatic heterocycles. The lowest BCUT2D eigenvalue weighted by atomic mass is 9.81. The summed E-state index contributed by atoms with van der Waals surface area (Å²) in [6, 6.07) is 5.47. The van der Waals surface area contributed by atoms with E-state index in [-0.39, 0.29) is 10.8 Å². The number of rotatable bonds is 5. The van der Waals surface area contributed by atoms with E-state index in [1.807, 2.05) is 32.9 Å². The maximum atomic E-state index is 12.5. The van der Waals surface area contributed by atoms with E-state index in [0.29, 0.717) is 25.2 Å². The van der Waals surface area contributed by atoms with Crippen molar-refractivity contribution in [2.45, 2.75) is 98.2 Å². The molecule has 31 heavy (non-hydrogen) atoms. The van der Waals surface area contributed by atoms with Crippen LogP contribution in [0.25, 0.3) is 0 Å². The monoisotopic (exact) mass is 435 g/mol. The van der Waals surface area contributed by atoms with Crippen LogP contribution in [0.5, 0.6) is 0 Å². The number of aliphatic hydroxyl groups excluding tert-OH is 1. The Morgan fingerprint density at radius 2 is 1.68 bits per heavy atom. The molecule has 176 valence electrons. The van der Waals surface area contributed by atoms with Crippen molar-refractivity contribution in [2.24, 2.45) is 5.41 Å². The van der Waals surface area contributed by atoms with Crippen molar-refractivity contribution in [3.63, 3.8) is 0 Å². The van der Waals surface area contributed by atoms with Gasteiger partial charge >= 0.3 is 6.09 Å². The zero-order valence-electron chi connectivity index (χ0n) is 20.7. The molecule has 6 nitrogen and oxygen atoms in total. The van der Waals surface area contributed by atoms with Crippen molar-refractivity contribution in [3.05, 3.63) is 34.9 Å². The highest BCUT2D eigenvalue weighted by Crippen LogP contribution is 2.37. The van der Waals surface area contributed by atoms with Gasteiger partial charge in [0, 0.05) is 5.56 Å². The molecule has 2 rings (SSSR count). The summed E-state index contributed by atoms with van der Waals surface area (Å²) >= 11 is 0. The fraction of sp³-hybridized carbons (Fsp3) is 0.720. The van der Waals surface area contributed by atoms with Gasteiger partial charge in [0.1, 0.15) is 5.60 Å². The number of ether oxygens (including phenoxy) is 3. The molecule has 0 aromatic heterocycles. The van der Waals surface area contributed by atoms with Crippen LogP contribution in [-0.4, -0.2) is 36.1 Å². The Morgan fingerprint density at radius 1 is 1.10 bits per heavy atom. The molecular weight excluding hydrogens is 394 g/mol. The summed E-state index contributed by atoms with van der Waals surface area (Å²) in [7, 11) is 0. The molecule has 0 radical (unpaired) electrons. The highest BCUT2D eigenvalue weighted by atomic mass is 16.7. The molecule has 2 N–H and O–H groups in total. The second-order valence-corrected chi connectivity index (χ2v) is 11.6. The molecule has 1 aromatic rings. The van der Waals surface area contributed by atoms with Crippen molar-refractivity contribution in [2.75, 3.05) is 13.2 Å². The number of aliphatic hydroxyl groups is 1. The smallest absolute Gasteiger partial charge is 0.407 e. The summed E-state index contributed by atoms with van der Waals surface area (Å²) in [5, 5.41) is 14.3. The lowest BCUT2D eigenvalue weighted by Crippen LogP contribution is -2.44. The van der Waals surface area contributed by atoms with E-state index in [1.165, 1.54) is 0 Å². The third kappa shape index (κ3) is 7.78. The van der Waals surface area contributed by atoms with Crippen LogP contribution in [0.2, 0.25) is 0 Å². The zero-order valence-corrected chi connectivity index (χ0v) is 20.7. The van der Waals surface area contributed by atoms with Gasteiger partial charge in [0.2, 0.25) is 0 Å². The molecule has 1 fully saturated rings. The Labute approximate surface area is 187 Å². The fourth-order valence-electron chi connectivity index (χ4n) is 3.63. The molecule has 1 unspecified atom stereocenters.